The van der Waals surface area contributed by atoms with Crippen molar-refractivity contribution < 1.29 is 4.79 Å². The van der Waals surface area contributed by atoms with E-state index in [2.05, 4.69) is 42.5 Å². The maximum Gasteiger partial charge on any atom is 0.255 e. The van der Waals surface area contributed by atoms with Gasteiger partial charge in [-0.25, -0.2) is 0 Å². The number of amides is 1. The highest BCUT2D eigenvalue weighted by atomic mass is 35.5. The molecule has 0 heterocycles. The number of hydrogen-bond donors (Lipinski definition) is 1. The minimum absolute atomic E-state index is 0.103. The number of halogens is 2. The molecule has 0 aliphatic heterocycles. The Balaban J connectivity index is 1.69. The molecule has 0 unspecified atom stereocenters. The van der Waals surface area contributed by atoms with Gasteiger partial charge in [0.05, 0.1) is 10.0 Å². The van der Waals surface area contributed by atoms with Crippen LogP contribution in [0.3, 0.4) is 0 Å². The molecule has 154 valence electrons. The van der Waals surface area contributed by atoms with Crippen LogP contribution in [0, 0.1) is 0 Å². The summed E-state index contributed by atoms with van der Waals surface area (Å²) < 4.78 is 0. The van der Waals surface area contributed by atoms with Gasteiger partial charge in [-0.05, 0) is 80.0 Å². The third-order valence-electron chi connectivity index (χ3n) is 5.81. The summed E-state index contributed by atoms with van der Waals surface area (Å²) in [4.78, 5) is 14.8. The molecule has 0 spiro atoms. The van der Waals surface area contributed by atoms with Crippen LogP contribution in [0.2, 0.25) is 10.0 Å². The summed E-state index contributed by atoms with van der Waals surface area (Å²) in [5.41, 5.74) is 5.14. The molecule has 0 aromatic heterocycles. The molecule has 3 aromatic carbocycles. The summed E-state index contributed by atoms with van der Waals surface area (Å²) >= 11 is 12.4. The molecule has 0 bridgehead atoms. The summed E-state index contributed by atoms with van der Waals surface area (Å²) in [6, 6.07) is 21.7. The molecule has 0 saturated heterocycles. The minimum Gasteiger partial charge on any atom is -0.322 e. The lowest BCUT2D eigenvalue weighted by Gasteiger charge is -2.36. The van der Waals surface area contributed by atoms with E-state index >= 15 is 0 Å². The summed E-state index contributed by atoms with van der Waals surface area (Å²) in [7, 11) is 4.20. The summed E-state index contributed by atoms with van der Waals surface area (Å²) in [5, 5.41) is 4.19. The number of anilines is 1. The third kappa shape index (κ3) is 4.24. The summed E-state index contributed by atoms with van der Waals surface area (Å²) in [6.07, 6.45) is 2.06. The van der Waals surface area contributed by atoms with Gasteiger partial charge in [0.2, 0.25) is 0 Å². The second-order valence-corrected chi connectivity index (χ2v) is 8.76. The number of fused-ring (bicyclic) bond motifs is 1. The van der Waals surface area contributed by atoms with Crippen LogP contribution in [0.15, 0.2) is 66.7 Å². The van der Waals surface area contributed by atoms with Crippen LogP contribution in [0.25, 0.3) is 0 Å². The van der Waals surface area contributed by atoms with E-state index in [1.165, 1.54) is 16.7 Å². The second-order valence-electron chi connectivity index (χ2n) is 7.95. The van der Waals surface area contributed by atoms with Crippen molar-refractivity contribution >= 4 is 34.8 Å². The first-order chi connectivity index (χ1) is 14.4. The summed E-state index contributed by atoms with van der Waals surface area (Å²) in [6.45, 7) is 0. The quantitative estimate of drug-likeness (QED) is 0.486. The predicted octanol–water partition coefficient (Wildman–Crippen LogP) is 6.77. The summed E-state index contributed by atoms with van der Waals surface area (Å²) in [5.74, 6) is 0.152. The third-order valence-corrected chi connectivity index (χ3v) is 6.55. The first-order valence-corrected chi connectivity index (χ1v) is 10.8. The van der Waals surface area contributed by atoms with Gasteiger partial charge in [-0.1, -0.05) is 53.5 Å². The molecule has 1 amide bonds. The Morgan fingerprint density at radius 1 is 0.900 bits per heavy atom. The van der Waals surface area contributed by atoms with Crippen molar-refractivity contribution in [3.63, 3.8) is 0 Å². The van der Waals surface area contributed by atoms with Gasteiger partial charge in [-0.2, -0.15) is 0 Å². The van der Waals surface area contributed by atoms with Crippen molar-refractivity contribution in [3.8, 4) is 0 Å². The molecule has 30 heavy (non-hydrogen) atoms. The van der Waals surface area contributed by atoms with Crippen molar-refractivity contribution in [2.45, 2.75) is 24.8 Å². The van der Waals surface area contributed by atoms with Crippen molar-refractivity contribution in [2.24, 2.45) is 0 Å². The largest absolute Gasteiger partial charge is 0.322 e. The second kappa shape index (κ2) is 8.81. The highest BCUT2D eigenvalue weighted by Gasteiger charge is 2.30. The molecule has 4 rings (SSSR count). The Hall–Kier alpha value is -2.33. The van der Waals surface area contributed by atoms with E-state index in [1.54, 1.807) is 0 Å². The zero-order valence-corrected chi connectivity index (χ0v) is 18.5. The maximum atomic E-state index is 12.6. The highest BCUT2D eigenvalue weighted by molar-refractivity contribution is 6.42. The maximum absolute atomic E-state index is 12.6. The van der Waals surface area contributed by atoms with E-state index in [-0.39, 0.29) is 11.8 Å². The Labute approximate surface area is 187 Å². The smallest absolute Gasteiger partial charge is 0.255 e. The van der Waals surface area contributed by atoms with Gasteiger partial charge >= 0.3 is 0 Å². The van der Waals surface area contributed by atoms with E-state index in [9.17, 15) is 4.79 Å². The van der Waals surface area contributed by atoms with E-state index in [4.69, 9.17) is 23.2 Å². The molecule has 2 atom stereocenters. The van der Waals surface area contributed by atoms with Crippen LogP contribution in [0.4, 0.5) is 5.69 Å². The molecule has 3 nitrogen and oxygen atoms in total. The Morgan fingerprint density at radius 2 is 1.67 bits per heavy atom. The van der Waals surface area contributed by atoms with Crippen molar-refractivity contribution in [1.82, 2.24) is 4.90 Å². The minimum atomic E-state index is -0.103. The van der Waals surface area contributed by atoms with Gasteiger partial charge in [0.15, 0.2) is 0 Å². The van der Waals surface area contributed by atoms with E-state index in [1.807, 2.05) is 48.5 Å². The van der Waals surface area contributed by atoms with E-state index < -0.39 is 0 Å². The van der Waals surface area contributed by atoms with Gasteiger partial charge in [-0.15, -0.1) is 0 Å². The molecular weight excluding hydrogens is 415 g/mol. The predicted molar refractivity (Wildman–Crippen MR) is 125 cm³/mol. The van der Waals surface area contributed by atoms with Crippen molar-refractivity contribution in [2.75, 3.05) is 19.4 Å². The highest BCUT2D eigenvalue weighted by Crippen LogP contribution is 2.44. The number of nitrogens with zero attached hydrogens (tertiary/aromatic N) is 1. The normalized spacial score (nSPS) is 18.2. The van der Waals surface area contributed by atoms with E-state index in [0.717, 1.165) is 18.5 Å². The van der Waals surface area contributed by atoms with Crippen LogP contribution in [-0.4, -0.2) is 24.9 Å². The van der Waals surface area contributed by atoms with Crippen molar-refractivity contribution in [3.05, 3.63) is 99.0 Å². The van der Waals surface area contributed by atoms with E-state index in [0.29, 0.717) is 21.7 Å². The molecule has 5 heteroatoms. The Morgan fingerprint density at radius 3 is 2.37 bits per heavy atom. The lowest BCUT2D eigenvalue weighted by Crippen LogP contribution is -2.26. The Kier molecular flexibility index (Phi) is 6.14. The number of carbonyl (C=O) groups is 1. The molecule has 0 fully saturated rings. The van der Waals surface area contributed by atoms with Crippen LogP contribution in [-0.2, 0) is 0 Å². The molecule has 1 aliphatic rings. The van der Waals surface area contributed by atoms with Crippen LogP contribution in [0.5, 0.6) is 0 Å². The number of nitrogens with one attached hydrogen (secondary N) is 1. The fourth-order valence-corrected chi connectivity index (χ4v) is 4.61. The average Bonchev–Trinajstić information content (AvgIpc) is 2.75. The number of hydrogen-bond acceptors (Lipinski definition) is 2. The van der Waals surface area contributed by atoms with Gasteiger partial charge < -0.3 is 10.2 Å². The monoisotopic (exact) mass is 438 g/mol. The number of benzene rings is 3. The van der Waals surface area contributed by atoms with Gasteiger partial charge in [0.1, 0.15) is 0 Å². The van der Waals surface area contributed by atoms with Gasteiger partial charge in [0.25, 0.3) is 5.91 Å². The molecule has 1 aliphatic carbocycles. The molecule has 3 aromatic rings. The van der Waals surface area contributed by atoms with Gasteiger partial charge in [0, 0.05) is 23.2 Å². The molecule has 0 radical (unpaired) electrons. The lowest BCUT2D eigenvalue weighted by molar-refractivity contribution is 0.102. The van der Waals surface area contributed by atoms with Crippen LogP contribution >= 0.6 is 23.2 Å². The fraction of sp³-hybridized carbons (Fsp3) is 0.240. The Bertz CT molecular complexity index is 1070. The zero-order valence-electron chi connectivity index (χ0n) is 17.0. The topological polar surface area (TPSA) is 32.3 Å². The first kappa shape index (κ1) is 20.9. The first-order valence-electron chi connectivity index (χ1n) is 10.1. The van der Waals surface area contributed by atoms with Gasteiger partial charge in [-0.3, -0.25) is 4.79 Å². The molecule has 1 N–H and O–H groups in total. The van der Waals surface area contributed by atoms with Crippen LogP contribution < -0.4 is 5.32 Å². The SMILES string of the molecule is CN(C)[C@H]1CC[C@@H](c2ccc(Cl)c(Cl)c2)c2ccc(NC(=O)c3ccccc3)cc21. The standard InChI is InChI=1S/C25H24Cl2N2O/c1-29(2)24-13-11-19(17-8-12-22(26)23(27)14-17)20-10-9-18(15-21(20)24)28-25(30)16-6-4-3-5-7-16/h3-10,12,14-15,19,24H,11,13H2,1-2H3,(H,28,30)/t19-,24-/m0/s1. The van der Waals surface area contributed by atoms with Crippen LogP contribution in [0.1, 0.15) is 51.8 Å². The number of rotatable bonds is 4. The molecule has 0 saturated carbocycles. The lowest BCUT2D eigenvalue weighted by atomic mass is 9.76. The average molecular weight is 439 g/mol. The molecular formula is C25H24Cl2N2O. The fourth-order valence-electron chi connectivity index (χ4n) is 4.30. The zero-order chi connectivity index (χ0) is 21.3. The van der Waals surface area contributed by atoms with Crippen molar-refractivity contribution in [1.29, 1.82) is 0 Å². The number of carbonyl (C=O) groups excluding carboxylic acids is 1.